The Bertz CT molecular complexity index is 744. The van der Waals surface area contributed by atoms with Crippen molar-refractivity contribution in [2.24, 2.45) is 23.1 Å². The first-order chi connectivity index (χ1) is 15.2. The molecule has 11 N–H and O–H groups in total. The van der Waals surface area contributed by atoms with Crippen LogP contribution in [0, 0.1) is 5.92 Å². The summed E-state index contributed by atoms with van der Waals surface area (Å²) >= 11 is 0. The summed E-state index contributed by atoms with van der Waals surface area (Å²) in [5.74, 6) is -6.28. The lowest BCUT2D eigenvalue weighted by Gasteiger charge is -2.27. The molecule has 0 saturated carbocycles. The summed E-state index contributed by atoms with van der Waals surface area (Å²) in [6, 6.07) is -5.64. The van der Waals surface area contributed by atoms with Crippen LogP contribution in [0.3, 0.4) is 0 Å². The maximum absolute atomic E-state index is 12.7. The number of aliphatic carboxylic acids is 1. The average molecular weight is 475 g/mol. The molecule has 0 spiro atoms. The van der Waals surface area contributed by atoms with E-state index in [4.69, 9.17) is 17.2 Å². The zero-order valence-electron chi connectivity index (χ0n) is 18.9. The SMILES string of the molecule is CCC(C)C(NC(=O)C(NC(=O)C(CC(N)=O)NC(=O)C(N)CCC(N)=O)C(C)O)C(=O)O. The first-order valence-corrected chi connectivity index (χ1v) is 10.3. The Morgan fingerprint density at radius 3 is 1.82 bits per heavy atom. The van der Waals surface area contributed by atoms with Crippen LogP contribution >= 0.6 is 0 Å². The van der Waals surface area contributed by atoms with Gasteiger partial charge in [0.1, 0.15) is 18.1 Å². The molecule has 0 fully saturated rings. The molecule has 0 aromatic rings. The smallest absolute Gasteiger partial charge is 0.326 e. The molecule has 14 heteroatoms. The Morgan fingerprint density at radius 1 is 0.848 bits per heavy atom. The minimum absolute atomic E-state index is 0.114. The standard InChI is InChI=1S/C19H34N6O8/c1-4-8(2)14(19(32)33)24-18(31)15(9(3)26)25-17(30)11(7-13(22)28)23-16(29)10(20)5-6-12(21)27/h8-11,14-15,26H,4-7,20H2,1-3H3,(H2,21,27)(H2,22,28)(H,23,29)(H,24,31)(H,25,30)(H,32,33). The van der Waals surface area contributed by atoms with Gasteiger partial charge >= 0.3 is 5.97 Å². The van der Waals surface area contributed by atoms with Gasteiger partial charge in [-0.1, -0.05) is 20.3 Å². The minimum Gasteiger partial charge on any atom is -0.480 e. The Morgan fingerprint density at radius 2 is 1.39 bits per heavy atom. The highest BCUT2D eigenvalue weighted by Crippen LogP contribution is 2.09. The Kier molecular flexibility index (Phi) is 12.6. The highest BCUT2D eigenvalue weighted by atomic mass is 16.4. The fourth-order valence-corrected chi connectivity index (χ4v) is 2.70. The maximum Gasteiger partial charge on any atom is 0.326 e. The summed E-state index contributed by atoms with van der Waals surface area (Å²) in [4.78, 5) is 71.1. The summed E-state index contributed by atoms with van der Waals surface area (Å²) in [6.07, 6.45) is -1.98. The van der Waals surface area contributed by atoms with Crippen molar-refractivity contribution >= 4 is 35.5 Å². The normalized spacial score (nSPS) is 16.3. The number of aliphatic hydroxyl groups excluding tert-OH is 1. The lowest BCUT2D eigenvalue weighted by molar-refractivity contribution is -0.144. The van der Waals surface area contributed by atoms with Crippen LogP contribution in [-0.4, -0.2) is 76.0 Å². The van der Waals surface area contributed by atoms with E-state index in [2.05, 4.69) is 16.0 Å². The molecule has 0 aromatic heterocycles. The molecular formula is C19H34N6O8. The summed E-state index contributed by atoms with van der Waals surface area (Å²) < 4.78 is 0. The summed E-state index contributed by atoms with van der Waals surface area (Å²) in [7, 11) is 0. The minimum atomic E-state index is -1.60. The van der Waals surface area contributed by atoms with E-state index in [1.807, 2.05) is 0 Å². The van der Waals surface area contributed by atoms with Crippen LogP contribution in [0.4, 0.5) is 0 Å². The van der Waals surface area contributed by atoms with Gasteiger partial charge in [0.2, 0.25) is 29.5 Å². The quantitative estimate of drug-likeness (QED) is 0.116. The molecule has 6 unspecified atom stereocenters. The molecule has 188 valence electrons. The van der Waals surface area contributed by atoms with Gasteiger partial charge in [-0.25, -0.2) is 4.79 Å². The molecule has 0 aromatic carbocycles. The predicted molar refractivity (Wildman–Crippen MR) is 115 cm³/mol. The molecule has 0 bridgehead atoms. The molecule has 0 aliphatic carbocycles. The average Bonchev–Trinajstić information content (AvgIpc) is 2.71. The van der Waals surface area contributed by atoms with Crippen LogP contribution in [0.15, 0.2) is 0 Å². The number of nitrogens with two attached hydrogens (primary N) is 3. The van der Waals surface area contributed by atoms with Gasteiger partial charge in [0.15, 0.2) is 0 Å². The molecule has 33 heavy (non-hydrogen) atoms. The molecule has 0 aliphatic rings. The molecule has 5 amide bonds. The zero-order valence-corrected chi connectivity index (χ0v) is 18.9. The maximum atomic E-state index is 12.7. The van der Waals surface area contributed by atoms with Gasteiger partial charge < -0.3 is 43.4 Å². The van der Waals surface area contributed by atoms with E-state index in [9.17, 15) is 39.0 Å². The van der Waals surface area contributed by atoms with Crippen molar-refractivity contribution in [2.45, 2.75) is 76.7 Å². The lowest BCUT2D eigenvalue weighted by atomic mass is 9.98. The van der Waals surface area contributed by atoms with Gasteiger partial charge in [0, 0.05) is 6.42 Å². The van der Waals surface area contributed by atoms with Crippen LogP contribution in [0.5, 0.6) is 0 Å². The first-order valence-electron chi connectivity index (χ1n) is 10.3. The van der Waals surface area contributed by atoms with Gasteiger partial charge in [-0.3, -0.25) is 24.0 Å². The Labute approximate surface area is 191 Å². The van der Waals surface area contributed by atoms with E-state index < -0.39 is 78.1 Å². The highest BCUT2D eigenvalue weighted by Gasteiger charge is 2.34. The number of aliphatic hydroxyl groups is 1. The van der Waals surface area contributed by atoms with Crippen molar-refractivity contribution < 1.29 is 39.0 Å². The molecule has 6 atom stereocenters. The third-order valence-corrected chi connectivity index (χ3v) is 4.92. The second-order valence-electron chi connectivity index (χ2n) is 7.78. The van der Waals surface area contributed by atoms with E-state index in [1.165, 1.54) is 6.92 Å². The lowest BCUT2D eigenvalue weighted by Crippen LogP contribution is -2.60. The van der Waals surface area contributed by atoms with Crippen molar-refractivity contribution in [2.75, 3.05) is 0 Å². The third kappa shape index (κ3) is 10.7. The van der Waals surface area contributed by atoms with Crippen molar-refractivity contribution in [3.63, 3.8) is 0 Å². The van der Waals surface area contributed by atoms with Crippen LogP contribution in [0.1, 0.15) is 46.5 Å². The highest BCUT2D eigenvalue weighted by molar-refractivity contribution is 5.96. The van der Waals surface area contributed by atoms with Crippen molar-refractivity contribution in [1.29, 1.82) is 0 Å². The number of hydrogen-bond acceptors (Lipinski definition) is 8. The molecule has 0 saturated heterocycles. The van der Waals surface area contributed by atoms with Crippen LogP contribution in [0.2, 0.25) is 0 Å². The van der Waals surface area contributed by atoms with Crippen LogP contribution < -0.4 is 33.2 Å². The number of carbonyl (C=O) groups is 6. The second kappa shape index (κ2) is 14.0. The molecule has 0 aliphatic heterocycles. The number of carboxylic acids is 1. The van der Waals surface area contributed by atoms with E-state index >= 15 is 0 Å². The van der Waals surface area contributed by atoms with Gasteiger partial charge in [0.25, 0.3) is 0 Å². The Balaban J connectivity index is 5.46. The fourth-order valence-electron chi connectivity index (χ4n) is 2.70. The van der Waals surface area contributed by atoms with Crippen molar-refractivity contribution in [3.8, 4) is 0 Å². The summed E-state index contributed by atoms with van der Waals surface area (Å²) in [6.45, 7) is 4.52. The summed E-state index contributed by atoms with van der Waals surface area (Å²) in [5, 5.41) is 26.0. The third-order valence-electron chi connectivity index (χ3n) is 4.92. The van der Waals surface area contributed by atoms with E-state index in [0.717, 1.165) is 0 Å². The van der Waals surface area contributed by atoms with E-state index in [0.29, 0.717) is 6.42 Å². The Hall–Kier alpha value is -3.26. The summed E-state index contributed by atoms with van der Waals surface area (Å²) in [5.41, 5.74) is 15.8. The largest absolute Gasteiger partial charge is 0.480 e. The van der Waals surface area contributed by atoms with Gasteiger partial charge in [-0.05, 0) is 19.3 Å². The monoisotopic (exact) mass is 474 g/mol. The van der Waals surface area contributed by atoms with Crippen molar-refractivity contribution in [1.82, 2.24) is 16.0 Å². The molecule has 0 rings (SSSR count). The number of primary amides is 2. The molecule has 0 heterocycles. The number of nitrogens with one attached hydrogen (secondary N) is 3. The van der Waals surface area contributed by atoms with Gasteiger partial charge in [-0.2, -0.15) is 0 Å². The van der Waals surface area contributed by atoms with Gasteiger partial charge in [0.05, 0.1) is 18.6 Å². The van der Waals surface area contributed by atoms with E-state index in [1.54, 1.807) is 13.8 Å². The van der Waals surface area contributed by atoms with Crippen LogP contribution in [-0.2, 0) is 28.8 Å². The number of carboxylic acid groups (broad SMARTS) is 1. The second-order valence-corrected chi connectivity index (χ2v) is 7.78. The molecule has 0 radical (unpaired) electrons. The van der Waals surface area contributed by atoms with E-state index in [-0.39, 0.29) is 12.8 Å². The van der Waals surface area contributed by atoms with Gasteiger partial charge in [-0.15, -0.1) is 0 Å². The van der Waals surface area contributed by atoms with Crippen molar-refractivity contribution in [3.05, 3.63) is 0 Å². The fraction of sp³-hybridized carbons (Fsp3) is 0.684. The zero-order chi connectivity index (χ0) is 25.9. The topological polar surface area (TPSA) is 257 Å². The number of amides is 5. The predicted octanol–water partition coefficient (Wildman–Crippen LogP) is -3.58. The number of rotatable bonds is 15. The molecular weight excluding hydrogens is 440 g/mol. The number of hydrogen-bond donors (Lipinski definition) is 8. The van der Waals surface area contributed by atoms with Crippen LogP contribution in [0.25, 0.3) is 0 Å². The first kappa shape index (κ1) is 29.7. The molecule has 14 nitrogen and oxygen atoms in total. The number of carbonyl (C=O) groups excluding carboxylic acids is 5.